The highest BCUT2D eigenvalue weighted by Gasteiger charge is 2.43. The van der Waals surface area contributed by atoms with Crippen molar-refractivity contribution in [3.05, 3.63) is 12.2 Å². The third-order valence-corrected chi connectivity index (χ3v) is 3.76. The molecule has 0 aliphatic heterocycles. The molecule has 0 saturated heterocycles. The van der Waals surface area contributed by atoms with Gasteiger partial charge in [-0.05, 0) is 31.1 Å². The number of carboxylic acids is 1. The summed E-state index contributed by atoms with van der Waals surface area (Å²) < 4.78 is 0. The standard InChI is InChI=1S/C12H16N2O4/c15-10(3-4-11(16)17)13-14-12(18)9-6-7-1-2-8(9)5-7/h3-4,7-9H,1-2,5-6H2,(H,13,15)(H,14,18)(H,16,17)/b4-3-/t7-,8-,9+/m1/s1. The highest BCUT2D eigenvalue weighted by Crippen LogP contribution is 2.48. The lowest BCUT2D eigenvalue weighted by Crippen LogP contribution is -2.45. The second kappa shape index (κ2) is 5.20. The van der Waals surface area contributed by atoms with Gasteiger partial charge in [-0.15, -0.1) is 0 Å². The van der Waals surface area contributed by atoms with Gasteiger partial charge >= 0.3 is 5.97 Å². The lowest BCUT2D eigenvalue weighted by Gasteiger charge is -2.20. The molecule has 0 aromatic carbocycles. The van der Waals surface area contributed by atoms with Gasteiger partial charge in [-0.1, -0.05) is 6.42 Å². The van der Waals surface area contributed by atoms with Gasteiger partial charge < -0.3 is 5.11 Å². The summed E-state index contributed by atoms with van der Waals surface area (Å²) in [4.78, 5) is 33.1. The van der Waals surface area contributed by atoms with Gasteiger partial charge in [-0.3, -0.25) is 20.4 Å². The molecule has 98 valence electrons. The van der Waals surface area contributed by atoms with E-state index >= 15 is 0 Å². The highest BCUT2D eigenvalue weighted by molar-refractivity contribution is 5.95. The summed E-state index contributed by atoms with van der Waals surface area (Å²) in [6, 6.07) is 0. The third-order valence-electron chi connectivity index (χ3n) is 3.76. The minimum absolute atomic E-state index is 0.00694. The number of fused-ring (bicyclic) bond motifs is 2. The maximum atomic E-state index is 11.8. The quantitative estimate of drug-likeness (QED) is 0.494. The summed E-state index contributed by atoms with van der Waals surface area (Å²) in [5.41, 5.74) is 4.54. The molecule has 2 fully saturated rings. The maximum Gasteiger partial charge on any atom is 0.328 e. The van der Waals surface area contributed by atoms with Crippen LogP contribution in [0, 0.1) is 17.8 Å². The largest absolute Gasteiger partial charge is 0.478 e. The van der Waals surface area contributed by atoms with E-state index in [0.29, 0.717) is 11.8 Å². The Labute approximate surface area is 104 Å². The fourth-order valence-corrected chi connectivity index (χ4v) is 2.97. The Morgan fingerprint density at radius 1 is 1.06 bits per heavy atom. The summed E-state index contributed by atoms with van der Waals surface area (Å²) in [6.07, 6.45) is 5.91. The molecule has 0 aromatic rings. The van der Waals surface area contributed by atoms with Gasteiger partial charge in [0.05, 0.1) is 0 Å². The molecule has 0 heterocycles. The topological polar surface area (TPSA) is 95.5 Å². The SMILES string of the molecule is O=C(O)/C=C\C(=O)NNC(=O)[C@H]1C[C@@H]2CC[C@@H]1C2. The third kappa shape index (κ3) is 2.88. The van der Waals surface area contributed by atoms with Gasteiger partial charge in [0, 0.05) is 18.1 Å². The van der Waals surface area contributed by atoms with Crippen LogP contribution in [0.3, 0.4) is 0 Å². The molecule has 6 heteroatoms. The summed E-state index contributed by atoms with van der Waals surface area (Å²) in [5.74, 6) is -0.917. The van der Waals surface area contributed by atoms with Crippen LogP contribution in [-0.4, -0.2) is 22.9 Å². The van der Waals surface area contributed by atoms with Crippen molar-refractivity contribution >= 4 is 17.8 Å². The molecule has 2 rings (SSSR count). The molecular weight excluding hydrogens is 236 g/mol. The van der Waals surface area contributed by atoms with Crippen LogP contribution in [0.1, 0.15) is 25.7 Å². The van der Waals surface area contributed by atoms with E-state index in [2.05, 4.69) is 10.9 Å². The molecule has 2 bridgehead atoms. The summed E-state index contributed by atoms with van der Waals surface area (Å²) in [5, 5.41) is 8.33. The summed E-state index contributed by atoms with van der Waals surface area (Å²) in [6.45, 7) is 0. The molecule has 6 nitrogen and oxygen atoms in total. The Hall–Kier alpha value is -1.85. The Balaban J connectivity index is 1.75. The lowest BCUT2D eigenvalue weighted by atomic mass is 9.88. The Morgan fingerprint density at radius 3 is 2.39 bits per heavy atom. The first kappa shape index (κ1) is 12.6. The zero-order valence-corrected chi connectivity index (χ0v) is 9.89. The van der Waals surface area contributed by atoms with Gasteiger partial charge in [0.2, 0.25) is 5.91 Å². The van der Waals surface area contributed by atoms with Crippen molar-refractivity contribution in [2.45, 2.75) is 25.7 Å². The van der Waals surface area contributed by atoms with E-state index in [9.17, 15) is 14.4 Å². The van der Waals surface area contributed by atoms with Crippen LogP contribution in [0.4, 0.5) is 0 Å². The van der Waals surface area contributed by atoms with Crippen molar-refractivity contribution < 1.29 is 19.5 Å². The first-order valence-electron chi connectivity index (χ1n) is 6.07. The van der Waals surface area contributed by atoms with Gasteiger partial charge in [0.25, 0.3) is 5.91 Å². The number of hydrogen-bond donors (Lipinski definition) is 3. The first-order valence-corrected chi connectivity index (χ1v) is 6.07. The number of carbonyl (C=O) groups excluding carboxylic acids is 2. The fraction of sp³-hybridized carbons (Fsp3) is 0.583. The van der Waals surface area contributed by atoms with E-state index in [1.807, 2.05) is 0 Å². The lowest BCUT2D eigenvalue weighted by molar-refractivity contribution is -0.131. The summed E-state index contributed by atoms with van der Waals surface area (Å²) >= 11 is 0. The van der Waals surface area contributed by atoms with Crippen molar-refractivity contribution in [3.8, 4) is 0 Å². The van der Waals surface area contributed by atoms with E-state index in [4.69, 9.17) is 5.11 Å². The highest BCUT2D eigenvalue weighted by atomic mass is 16.4. The second-order valence-corrected chi connectivity index (χ2v) is 4.93. The molecule has 0 aromatic heterocycles. The number of amides is 2. The normalized spacial score (nSPS) is 29.4. The van der Waals surface area contributed by atoms with Gasteiger partial charge in [0.1, 0.15) is 0 Å². The van der Waals surface area contributed by atoms with Crippen molar-refractivity contribution in [1.82, 2.24) is 10.9 Å². The van der Waals surface area contributed by atoms with Crippen LogP contribution < -0.4 is 10.9 Å². The van der Waals surface area contributed by atoms with Crippen molar-refractivity contribution in [2.75, 3.05) is 0 Å². The fourth-order valence-electron chi connectivity index (χ4n) is 2.97. The van der Waals surface area contributed by atoms with Gasteiger partial charge in [0.15, 0.2) is 0 Å². The zero-order chi connectivity index (χ0) is 13.1. The van der Waals surface area contributed by atoms with Gasteiger partial charge in [-0.2, -0.15) is 0 Å². The average molecular weight is 252 g/mol. The van der Waals surface area contributed by atoms with E-state index < -0.39 is 11.9 Å². The van der Waals surface area contributed by atoms with Crippen molar-refractivity contribution in [3.63, 3.8) is 0 Å². The van der Waals surface area contributed by atoms with E-state index in [0.717, 1.165) is 31.4 Å². The number of carbonyl (C=O) groups is 3. The molecular formula is C12H16N2O4. The Morgan fingerprint density at radius 2 is 1.83 bits per heavy atom. The van der Waals surface area contributed by atoms with Crippen molar-refractivity contribution in [1.29, 1.82) is 0 Å². The monoisotopic (exact) mass is 252 g/mol. The molecule has 3 N–H and O–H groups in total. The molecule has 2 amide bonds. The number of hydrazine groups is 1. The van der Waals surface area contributed by atoms with Crippen LogP contribution in [-0.2, 0) is 14.4 Å². The van der Waals surface area contributed by atoms with E-state index in [1.165, 1.54) is 6.42 Å². The molecule has 0 spiro atoms. The molecule has 0 unspecified atom stereocenters. The molecule has 3 atom stereocenters. The van der Waals surface area contributed by atoms with E-state index in [-0.39, 0.29) is 11.8 Å². The number of carboxylic acid groups (broad SMARTS) is 1. The Kier molecular flexibility index (Phi) is 3.64. The zero-order valence-electron chi connectivity index (χ0n) is 9.89. The van der Waals surface area contributed by atoms with Gasteiger partial charge in [-0.25, -0.2) is 4.79 Å². The number of nitrogens with one attached hydrogen (secondary N) is 2. The second-order valence-electron chi connectivity index (χ2n) is 4.93. The van der Waals surface area contributed by atoms with Crippen LogP contribution in [0.2, 0.25) is 0 Å². The van der Waals surface area contributed by atoms with Crippen LogP contribution in [0.25, 0.3) is 0 Å². The smallest absolute Gasteiger partial charge is 0.328 e. The molecule has 2 aliphatic carbocycles. The Bertz CT molecular complexity index is 405. The first-order chi connectivity index (χ1) is 8.56. The van der Waals surface area contributed by atoms with Crippen LogP contribution >= 0.6 is 0 Å². The van der Waals surface area contributed by atoms with Crippen molar-refractivity contribution in [2.24, 2.45) is 17.8 Å². The minimum atomic E-state index is -1.20. The summed E-state index contributed by atoms with van der Waals surface area (Å²) in [7, 11) is 0. The molecule has 2 saturated carbocycles. The predicted octanol–water partition coefficient (Wildman–Crippen LogP) is 0.211. The molecule has 0 radical (unpaired) electrons. The molecule has 18 heavy (non-hydrogen) atoms. The maximum absolute atomic E-state index is 11.8. The number of rotatable bonds is 3. The predicted molar refractivity (Wildman–Crippen MR) is 62.0 cm³/mol. The minimum Gasteiger partial charge on any atom is -0.478 e. The van der Waals surface area contributed by atoms with E-state index in [1.54, 1.807) is 0 Å². The average Bonchev–Trinajstić information content (AvgIpc) is 2.95. The number of hydrogen-bond acceptors (Lipinski definition) is 3. The number of aliphatic carboxylic acids is 1. The van der Waals surface area contributed by atoms with Crippen LogP contribution in [0.15, 0.2) is 12.2 Å². The van der Waals surface area contributed by atoms with Crippen LogP contribution in [0.5, 0.6) is 0 Å². The molecule has 2 aliphatic rings.